The Bertz CT molecular complexity index is 672. The van der Waals surface area contributed by atoms with E-state index in [0.717, 1.165) is 18.5 Å². The van der Waals surface area contributed by atoms with E-state index in [0.29, 0.717) is 37.6 Å². The van der Waals surface area contributed by atoms with Crippen molar-refractivity contribution < 1.29 is 14.3 Å². The summed E-state index contributed by atoms with van der Waals surface area (Å²) in [6.45, 7) is 11.8. The summed E-state index contributed by atoms with van der Waals surface area (Å²) < 4.78 is 5.48. The second-order valence-corrected chi connectivity index (χ2v) is 7.92. The van der Waals surface area contributed by atoms with Crippen LogP contribution < -0.4 is 10.6 Å². The van der Waals surface area contributed by atoms with E-state index in [1.165, 1.54) is 0 Å². The van der Waals surface area contributed by atoms with Crippen molar-refractivity contribution in [3.63, 3.8) is 0 Å². The van der Waals surface area contributed by atoms with Crippen LogP contribution in [0.5, 0.6) is 0 Å². The average Bonchev–Trinajstić information content (AvgIpc) is 2.59. The lowest BCUT2D eigenvalue weighted by Gasteiger charge is -2.34. The maximum atomic E-state index is 12.3. The van der Waals surface area contributed by atoms with E-state index in [1.807, 2.05) is 40.7 Å². The standard InChI is InChI=1S/C19H31N5O3/c1-6-20-17(25)16-15(10-13(2)22-23-16)21-11-14-8-7-9-24(12-14)18(26)27-19(3,4)5/h10,14H,6-9,11-12H2,1-5H3,(H,20,25)(H,21,22). The van der Waals surface area contributed by atoms with Gasteiger partial charge in [-0.15, -0.1) is 5.10 Å². The smallest absolute Gasteiger partial charge is 0.410 e. The van der Waals surface area contributed by atoms with Crippen molar-refractivity contribution in [2.24, 2.45) is 5.92 Å². The van der Waals surface area contributed by atoms with E-state index in [9.17, 15) is 9.59 Å². The molecule has 2 N–H and O–H groups in total. The second-order valence-electron chi connectivity index (χ2n) is 7.92. The Morgan fingerprint density at radius 1 is 1.33 bits per heavy atom. The number of aryl methyl sites for hydroxylation is 1. The molecule has 1 aliphatic heterocycles. The van der Waals surface area contributed by atoms with Gasteiger partial charge in [0.1, 0.15) is 5.60 Å². The van der Waals surface area contributed by atoms with Gasteiger partial charge in [-0.2, -0.15) is 5.10 Å². The van der Waals surface area contributed by atoms with Crippen molar-refractivity contribution in [2.75, 3.05) is 31.5 Å². The lowest BCUT2D eigenvalue weighted by Crippen LogP contribution is -2.44. The van der Waals surface area contributed by atoms with Crippen LogP contribution in [-0.2, 0) is 4.74 Å². The molecule has 1 aliphatic rings. The second kappa shape index (κ2) is 9.01. The fourth-order valence-electron chi connectivity index (χ4n) is 3.01. The van der Waals surface area contributed by atoms with Gasteiger partial charge in [-0.25, -0.2) is 4.79 Å². The van der Waals surface area contributed by atoms with Crippen LogP contribution in [0.3, 0.4) is 0 Å². The van der Waals surface area contributed by atoms with E-state index < -0.39 is 5.60 Å². The maximum absolute atomic E-state index is 12.3. The Kier molecular flexibility index (Phi) is 6.98. The fraction of sp³-hybridized carbons (Fsp3) is 0.684. The van der Waals surface area contributed by atoms with Crippen molar-refractivity contribution in [2.45, 2.75) is 53.1 Å². The number of amides is 2. The summed E-state index contributed by atoms with van der Waals surface area (Å²) in [5, 5.41) is 14.1. The van der Waals surface area contributed by atoms with Crippen molar-refractivity contribution in [3.8, 4) is 0 Å². The number of hydrogen-bond donors (Lipinski definition) is 2. The Morgan fingerprint density at radius 2 is 2.07 bits per heavy atom. The highest BCUT2D eigenvalue weighted by Gasteiger charge is 2.27. The van der Waals surface area contributed by atoms with E-state index in [2.05, 4.69) is 20.8 Å². The van der Waals surface area contributed by atoms with Gasteiger partial charge in [-0.05, 0) is 59.4 Å². The lowest BCUT2D eigenvalue weighted by molar-refractivity contribution is 0.0172. The molecule has 1 fully saturated rings. The molecule has 2 heterocycles. The summed E-state index contributed by atoms with van der Waals surface area (Å²) in [5.74, 6) is 0.0355. The van der Waals surface area contributed by atoms with Gasteiger partial charge in [-0.1, -0.05) is 0 Å². The monoisotopic (exact) mass is 377 g/mol. The quantitative estimate of drug-likeness (QED) is 0.819. The van der Waals surface area contributed by atoms with Crippen LogP contribution in [-0.4, -0.2) is 58.9 Å². The zero-order chi connectivity index (χ0) is 20.0. The lowest BCUT2D eigenvalue weighted by atomic mass is 9.98. The van der Waals surface area contributed by atoms with Crippen LogP contribution >= 0.6 is 0 Å². The maximum Gasteiger partial charge on any atom is 0.410 e. The normalized spacial score (nSPS) is 17.4. The van der Waals surface area contributed by atoms with E-state index in [-0.39, 0.29) is 17.9 Å². The molecule has 0 aliphatic carbocycles. The van der Waals surface area contributed by atoms with Gasteiger partial charge in [0.15, 0.2) is 5.69 Å². The third-order valence-corrected chi connectivity index (χ3v) is 4.22. The molecule has 8 heteroatoms. The molecule has 1 atom stereocenters. The summed E-state index contributed by atoms with van der Waals surface area (Å²) in [4.78, 5) is 26.3. The number of rotatable bonds is 5. The van der Waals surface area contributed by atoms with E-state index in [4.69, 9.17) is 4.74 Å². The number of nitrogens with zero attached hydrogens (tertiary/aromatic N) is 3. The van der Waals surface area contributed by atoms with Crippen LogP contribution in [0.25, 0.3) is 0 Å². The minimum absolute atomic E-state index is 0.244. The van der Waals surface area contributed by atoms with Crippen molar-refractivity contribution in [1.82, 2.24) is 20.4 Å². The molecule has 0 bridgehead atoms. The van der Waals surface area contributed by atoms with Crippen molar-refractivity contribution in [1.29, 1.82) is 0 Å². The minimum Gasteiger partial charge on any atom is -0.444 e. The van der Waals surface area contributed by atoms with Gasteiger partial charge in [0.25, 0.3) is 5.91 Å². The molecule has 8 nitrogen and oxygen atoms in total. The van der Waals surface area contributed by atoms with Gasteiger partial charge in [-0.3, -0.25) is 4.79 Å². The van der Waals surface area contributed by atoms with Crippen LogP contribution in [0.15, 0.2) is 6.07 Å². The predicted molar refractivity (Wildman–Crippen MR) is 104 cm³/mol. The van der Waals surface area contributed by atoms with Crippen LogP contribution in [0.2, 0.25) is 0 Å². The molecular formula is C19H31N5O3. The average molecular weight is 377 g/mol. The number of carbonyl (C=O) groups is 2. The Morgan fingerprint density at radius 3 is 2.74 bits per heavy atom. The molecular weight excluding hydrogens is 346 g/mol. The topological polar surface area (TPSA) is 96.5 Å². The Balaban J connectivity index is 1.99. The molecule has 0 spiro atoms. The summed E-state index contributed by atoms with van der Waals surface area (Å²) in [6, 6.07) is 1.83. The van der Waals surface area contributed by atoms with Gasteiger partial charge < -0.3 is 20.3 Å². The number of ether oxygens (including phenoxy) is 1. The predicted octanol–water partition coefficient (Wildman–Crippen LogP) is 2.59. The number of carbonyl (C=O) groups excluding carboxylic acids is 2. The fourth-order valence-corrected chi connectivity index (χ4v) is 3.01. The van der Waals surface area contributed by atoms with Crippen LogP contribution in [0.4, 0.5) is 10.5 Å². The molecule has 1 unspecified atom stereocenters. The van der Waals surface area contributed by atoms with Crippen molar-refractivity contribution in [3.05, 3.63) is 17.5 Å². The minimum atomic E-state index is -0.496. The molecule has 1 saturated heterocycles. The number of nitrogens with one attached hydrogen (secondary N) is 2. The van der Waals surface area contributed by atoms with Crippen LogP contribution in [0, 0.1) is 12.8 Å². The summed E-state index contributed by atoms with van der Waals surface area (Å²) >= 11 is 0. The molecule has 0 radical (unpaired) electrons. The summed E-state index contributed by atoms with van der Waals surface area (Å²) in [6.07, 6.45) is 1.68. The molecule has 2 amide bonds. The van der Waals surface area contributed by atoms with Gasteiger partial charge >= 0.3 is 6.09 Å². The first kappa shape index (κ1) is 20.9. The molecule has 150 valence electrons. The first-order valence-electron chi connectivity index (χ1n) is 9.54. The summed E-state index contributed by atoms with van der Waals surface area (Å²) in [7, 11) is 0. The van der Waals surface area contributed by atoms with Gasteiger partial charge in [0, 0.05) is 26.2 Å². The van der Waals surface area contributed by atoms with E-state index in [1.54, 1.807) is 4.90 Å². The molecule has 2 rings (SSSR count). The SMILES string of the molecule is CCNC(=O)c1nnc(C)cc1NCC1CCCN(C(=O)OC(C)(C)C)C1. The molecule has 0 aromatic carbocycles. The third kappa shape index (κ3) is 6.37. The van der Waals surface area contributed by atoms with Gasteiger partial charge in [0.2, 0.25) is 0 Å². The zero-order valence-corrected chi connectivity index (χ0v) is 17.0. The molecule has 1 aromatic heterocycles. The molecule has 1 aromatic rings. The molecule has 27 heavy (non-hydrogen) atoms. The van der Waals surface area contributed by atoms with E-state index >= 15 is 0 Å². The first-order valence-corrected chi connectivity index (χ1v) is 9.54. The zero-order valence-electron chi connectivity index (χ0n) is 17.0. The summed E-state index contributed by atoms with van der Waals surface area (Å²) in [5.41, 5.74) is 1.21. The third-order valence-electron chi connectivity index (χ3n) is 4.22. The Hall–Kier alpha value is -2.38. The number of anilines is 1. The highest BCUT2D eigenvalue weighted by atomic mass is 16.6. The number of hydrogen-bond acceptors (Lipinski definition) is 6. The van der Waals surface area contributed by atoms with Crippen LogP contribution in [0.1, 0.15) is 56.7 Å². The number of likely N-dealkylation sites (tertiary alicyclic amines) is 1. The highest BCUT2D eigenvalue weighted by Crippen LogP contribution is 2.21. The largest absolute Gasteiger partial charge is 0.444 e. The number of aromatic nitrogens is 2. The highest BCUT2D eigenvalue weighted by molar-refractivity contribution is 5.97. The first-order chi connectivity index (χ1) is 12.7. The number of piperidine rings is 1. The van der Waals surface area contributed by atoms with Crippen molar-refractivity contribution >= 4 is 17.7 Å². The molecule has 0 saturated carbocycles. The van der Waals surface area contributed by atoms with Gasteiger partial charge in [0.05, 0.1) is 11.4 Å². The Labute approximate surface area is 161 Å².